The van der Waals surface area contributed by atoms with Gasteiger partial charge in [0, 0.05) is 44.5 Å². The van der Waals surface area contributed by atoms with Gasteiger partial charge < -0.3 is 15.5 Å². The third kappa shape index (κ3) is 5.47. The summed E-state index contributed by atoms with van der Waals surface area (Å²) in [4.78, 5) is 20.1. The Morgan fingerprint density at radius 2 is 2.12 bits per heavy atom. The smallest absolute Gasteiger partial charge is 0.224 e. The van der Waals surface area contributed by atoms with Gasteiger partial charge >= 0.3 is 0 Å². The number of amides is 1. The number of fused-ring (bicyclic) bond motifs is 1. The number of carbonyl (C=O) groups excluding carboxylic acids is 1. The zero-order valence-corrected chi connectivity index (χ0v) is 16.7. The molecule has 1 amide bonds. The fourth-order valence-corrected chi connectivity index (χ4v) is 4.91. The molecule has 0 atom stereocenters. The molecule has 1 fully saturated rings. The van der Waals surface area contributed by atoms with Crippen molar-refractivity contribution in [2.45, 2.75) is 57.9 Å². The van der Waals surface area contributed by atoms with Crippen LogP contribution in [-0.4, -0.2) is 43.4 Å². The molecule has 1 aromatic heterocycles. The second-order valence-corrected chi connectivity index (χ2v) is 8.40. The van der Waals surface area contributed by atoms with E-state index >= 15 is 0 Å². The lowest BCUT2D eigenvalue weighted by atomic mass is 10.0. The van der Waals surface area contributed by atoms with Crippen molar-refractivity contribution in [3.05, 3.63) is 21.9 Å². The summed E-state index contributed by atoms with van der Waals surface area (Å²) in [5, 5.41) is 8.77. The van der Waals surface area contributed by atoms with Crippen molar-refractivity contribution in [1.29, 1.82) is 0 Å². The molecule has 0 bridgehead atoms. The highest BCUT2D eigenvalue weighted by Gasteiger charge is 2.21. The maximum atomic E-state index is 12.4. The van der Waals surface area contributed by atoms with E-state index in [9.17, 15) is 4.79 Å². The molecule has 3 rings (SSSR count). The van der Waals surface area contributed by atoms with Gasteiger partial charge in [0.25, 0.3) is 0 Å². The Kier molecular flexibility index (Phi) is 7.35. The second-order valence-electron chi connectivity index (χ2n) is 7.40. The normalized spacial score (nSPS) is 18.0. The minimum atomic E-state index is 0.228. The number of thiophene rings is 1. The zero-order valence-electron chi connectivity index (χ0n) is 15.9. The van der Waals surface area contributed by atoms with Crippen LogP contribution in [0.3, 0.4) is 0 Å². The molecule has 144 valence electrons. The summed E-state index contributed by atoms with van der Waals surface area (Å²) in [5.41, 5.74) is 1.32. The predicted molar refractivity (Wildman–Crippen MR) is 109 cm³/mol. The highest BCUT2D eigenvalue weighted by molar-refractivity contribution is 7.10. The van der Waals surface area contributed by atoms with Crippen LogP contribution in [0.2, 0.25) is 0 Å². The Balaban J connectivity index is 1.29. The molecule has 2 N–H and O–H groups in total. The molecule has 1 aliphatic heterocycles. The summed E-state index contributed by atoms with van der Waals surface area (Å²) >= 11 is 1.81. The Bertz CT molecular complexity index is 607. The first kappa shape index (κ1) is 19.2. The Hall–Kier alpha value is -1.56. The van der Waals surface area contributed by atoms with Crippen LogP contribution in [0.5, 0.6) is 0 Å². The van der Waals surface area contributed by atoms with Gasteiger partial charge in [-0.15, -0.1) is 11.3 Å². The summed E-state index contributed by atoms with van der Waals surface area (Å²) in [6, 6.07) is 2.15. The summed E-state index contributed by atoms with van der Waals surface area (Å²) in [5.74, 6) is 1.98. The quantitative estimate of drug-likeness (QED) is 0.437. The average Bonchev–Trinajstić information content (AvgIpc) is 3.34. The van der Waals surface area contributed by atoms with E-state index in [0.717, 1.165) is 37.9 Å². The minimum absolute atomic E-state index is 0.228. The first-order valence-electron chi connectivity index (χ1n) is 10.0. The number of nitrogens with one attached hydrogen (secondary N) is 2. The number of hydrogen-bond donors (Lipinski definition) is 2. The molecule has 26 heavy (non-hydrogen) atoms. The maximum absolute atomic E-state index is 12.4. The molecule has 2 heterocycles. The summed E-state index contributed by atoms with van der Waals surface area (Å²) < 4.78 is 0. The van der Waals surface area contributed by atoms with E-state index in [1.54, 1.807) is 18.4 Å². The van der Waals surface area contributed by atoms with Crippen molar-refractivity contribution in [1.82, 2.24) is 15.5 Å². The number of aliphatic imine (C=N–C) groups is 1. The van der Waals surface area contributed by atoms with Crippen molar-refractivity contribution in [3.8, 4) is 0 Å². The van der Waals surface area contributed by atoms with E-state index in [-0.39, 0.29) is 5.91 Å². The number of nitrogens with zero attached hydrogens (tertiary/aromatic N) is 2. The SMILES string of the molecule is CN=C(NCCCC1CCCC1)NCCC(=O)N1CCc2sccc2C1. The van der Waals surface area contributed by atoms with Gasteiger partial charge in [0.2, 0.25) is 5.91 Å². The minimum Gasteiger partial charge on any atom is -0.356 e. The van der Waals surface area contributed by atoms with Crippen LogP contribution in [0, 0.1) is 5.92 Å². The molecule has 0 radical (unpaired) electrons. The lowest BCUT2D eigenvalue weighted by molar-refractivity contribution is -0.131. The van der Waals surface area contributed by atoms with Gasteiger partial charge in [0.1, 0.15) is 0 Å². The monoisotopic (exact) mass is 376 g/mol. The maximum Gasteiger partial charge on any atom is 0.224 e. The van der Waals surface area contributed by atoms with Gasteiger partial charge in [-0.3, -0.25) is 9.79 Å². The predicted octanol–water partition coefficient (Wildman–Crippen LogP) is 3.16. The standard InChI is InChI=1S/C20H32N4OS/c1-21-20(22-11-4-7-16-5-2-3-6-16)23-12-8-19(25)24-13-9-18-17(15-24)10-14-26-18/h10,14,16H,2-9,11-13,15H2,1H3,(H2,21,22,23). The van der Waals surface area contributed by atoms with Gasteiger partial charge in [0.05, 0.1) is 0 Å². The Morgan fingerprint density at radius 3 is 2.92 bits per heavy atom. The third-order valence-electron chi connectivity index (χ3n) is 5.57. The summed E-state index contributed by atoms with van der Waals surface area (Å²) in [6.07, 6.45) is 9.69. The molecule has 2 aliphatic rings. The van der Waals surface area contributed by atoms with Crippen molar-refractivity contribution >= 4 is 23.2 Å². The molecule has 0 spiro atoms. The largest absolute Gasteiger partial charge is 0.356 e. The van der Waals surface area contributed by atoms with E-state index in [1.165, 1.54) is 49.0 Å². The van der Waals surface area contributed by atoms with Crippen LogP contribution in [-0.2, 0) is 17.8 Å². The topological polar surface area (TPSA) is 56.7 Å². The number of guanidine groups is 1. The van der Waals surface area contributed by atoms with Crippen LogP contribution in [0.25, 0.3) is 0 Å². The van der Waals surface area contributed by atoms with Gasteiger partial charge in [0.15, 0.2) is 5.96 Å². The van der Waals surface area contributed by atoms with E-state index in [2.05, 4.69) is 27.1 Å². The summed E-state index contributed by atoms with van der Waals surface area (Å²) in [7, 11) is 1.79. The summed E-state index contributed by atoms with van der Waals surface area (Å²) in [6.45, 7) is 3.21. The van der Waals surface area contributed by atoms with Crippen molar-refractivity contribution in [2.75, 3.05) is 26.7 Å². The molecule has 5 nitrogen and oxygen atoms in total. The fourth-order valence-electron chi connectivity index (χ4n) is 4.02. The Morgan fingerprint density at radius 1 is 1.31 bits per heavy atom. The Labute approximate surface area is 161 Å². The molecule has 0 saturated heterocycles. The van der Waals surface area contributed by atoms with E-state index < -0.39 is 0 Å². The first-order valence-corrected chi connectivity index (χ1v) is 10.9. The molecular weight excluding hydrogens is 344 g/mol. The van der Waals surface area contributed by atoms with Crippen molar-refractivity contribution < 1.29 is 4.79 Å². The molecular formula is C20H32N4OS. The molecule has 0 aromatic carbocycles. The van der Waals surface area contributed by atoms with Gasteiger partial charge in [-0.25, -0.2) is 0 Å². The van der Waals surface area contributed by atoms with Crippen molar-refractivity contribution in [2.24, 2.45) is 10.9 Å². The lowest BCUT2D eigenvalue weighted by Gasteiger charge is -2.27. The highest BCUT2D eigenvalue weighted by atomic mass is 32.1. The number of hydrogen-bond acceptors (Lipinski definition) is 3. The molecule has 1 aliphatic carbocycles. The van der Waals surface area contributed by atoms with Crippen LogP contribution in [0.1, 0.15) is 55.4 Å². The van der Waals surface area contributed by atoms with Crippen LogP contribution in [0.4, 0.5) is 0 Å². The van der Waals surface area contributed by atoms with Gasteiger partial charge in [-0.2, -0.15) is 0 Å². The first-order chi connectivity index (χ1) is 12.8. The second kappa shape index (κ2) is 9.95. The third-order valence-corrected chi connectivity index (χ3v) is 6.59. The molecule has 1 saturated carbocycles. The average molecular weight is 377 g/mol. The van der Waals surface area contributed by atoms with Crippen molar-refractivity contribution in [3.63, 3.8) is 0 Å². The fraction of sp³-hybridized carbons (Fsp3) is 0.700. The highest BCUT2D eigenvalue weighted by Crippen LogP contribution is 2.28. The van der Waals surface area contributed by atoms with Crippen LogP contribution in [0.15, 0.2) is 16.4 Å². The zero-order chi connectivity index (χ0) is 18.2. The van der Waals surface area contributed by atoms with Gasteiger partial charge in [-0.1, -0.05) is 25.7 Å². The van der Waals surface area contributed by atoms with Gasteiger partial charge in [-0.05, 0) is 42.2 Å². The molecule has 1 aromatic rings. The lowest BCUT2D eigenvalue weighted by Crippen LogP contribution is -2.41. The van der Waals surface area contributed by atoms with E-state index in [0.29, 0.717) is 13.0 Å². The van der Waals surface area contributed by atoms with E-state index in [1.807, 2.05) is 4.90 Å². The number of rotatable bonds is 7. The molecule has 6 heteroatoms. The van der Waals surface area contributed by atoms with E-state index in [4.69, 9.17) is 0 Å². The van der Waals surface area contributed by atoms with Crippen LogP contribution < -0.4 is 10.6 Å². The number of carbonyl (C=O) groups is 1. The molecule has 0 unspecified atom stereocenters. The van der Waals surface area contributed by atoms with Crippen LogP contribution >= 0.6 is 11.3 Å².